The number of benzene rings is 1. The molecule has 10 nitrogen and oxygen atoms in total. The highest BCUT2D eigenvalue weighted by molar-refractivity contribution is 6.24. The van der Waals surface area contributed by atoms with Gasteiger partial charge in [0.15, 0.2) is 11.4 Å². The van der Waals surface area contributed by atoms with Gasteiger partial charge in [0.25, 0.3) is 5.91 Å². The predicted octanol–water partition coefficient (Wildman–Crippen LogP) is 1.34. The summed E-state index contributed by atoms with van der Waals surface area (Å²) in [6.45, 7) is 3.78. The number of rotatable bonds is 7. The van der Waals surface area contributed by atoms with Crippen LogP contribution in [0.15, 0.2) is 23.0 Å². The van der Waals surface area contributed by atoms with Crippen molar-refractivity contribution >= 4 is 23.2 Å². The first-order valence-corrected chi connectivity index (χ1v) is 13.2. The molecule has 2 fully saturated rings. The number of fused-ring (bicyclic) bond motifs is 3. The van der Waals surface area contributed by atoms with Gasteiger partial charge >= 0.3 is 0 Å². The minimum Gasteiger partial charge on any atom is -0.508 e. The molecule has 0 bridgehead atoms. The zero-order valence-corrected chi connectivity index (χ0v) is 22.2. The number of phenolic OH excluding ortho intramolecular Hbond substituents is 1. The van der Waals surface area contributed by atoms with Crippen molar-refractivity contribution in [2.75, 3.05) is 27.2 Å². The number of Topliss-reactive ketones (excluding diaryl/α,β-unsaturated/α-hetero) is 2. The zero-order valence-electron chi connectivity index (χ0n) is 22.2. The summed E-state index contributed by atoms with van der Waals surface area (Å²) < 4.78 is 15.9. The van der Waals surface area contributed by atoms with Gasteiger partial charge in [0.1, 0.15) is 28.7 Å². The fourth-order valence-electron chi connectivity index (χ4n) is 6.67. The molecule has 0 aliphatic heterocycles. The fourth-order valence-corrected chi connectivity index (χ4v) is 6.67. The topological polar surface area (TPSA) is 165 Å². The number of nitrogens with zero attached hydrogens (tertiary/aromatic N) is 2. The summed E-state index contributed by atoms with van der Waals surface area (Å²) in [4.78, 5) is 42.6. The summed E-state index contributed by atoms with van der Waals surface area (Å²) in [7, 11) is 3.05. The third-order valence-electron chi connectivity index (χ3n) is 8.78. The van der Waals surface area contributed by atoms with E-state index in [9.17, 15) is 34.8 Å². The van der Waals surface area contributed by atoms with E-state index in [0.717, 1.165) is 19.4 Å². The Labute approximate surface area is 225 Å². The van der Waals surface area contributed by atoms with E-state index in [0.29, 0.717) is 12.5 Å². The van der Waals surface area contributed by atoms with E-state index in [1.807, 2.05) is 6.92 Å². The summed E-state index contributed by atoms with van der Waals surface area (Å²) in [5, 5.41) is 44.6. The maximum Gasteiger partial charge on any atom is 0.255 e. The molecule has 210 valence electrons. The number of likely N-dealkylation sites (N-methyl/N-ethyl adjacent to an activating group) is 1. The number of aliphatic hydroxyl groups is 3. The largest absolute Gasteiger partial charge is 0.508 e. The number of hydrogen-bond donors (Lipinski definition) is 5. The highest BCUT2D eigenvalue weighted by atomic mass is 19.1. The van der Waals surface area contributed by atoms with Crippen LogP contribution in [-0.2, 0) is 27.3 Å². The van der Waals surface area contributed by atoms with Crippen LogP contribution < -0.4 is 5.73 Å². The van der Waals surface area contributed by atoms with Gasteiger partial charge in [0, 0.05) is 35.7 Å². The van der Waals surface area contributed by atoms with E-state index in [-0.39, 0.29) is 41.6 Å². The second-order valence-electron chi connectivity index (χ2n) is 11.5. The van der Waals surface area contributed by atoms with Crippen molar-refractivity contribution in [3.63, 3.8) is 0 Å². The molecule has 0 aromatic heterocycles. The molecule has 4 aliphatic rings. The minimum atomic E-state index is -2.72. The molecule has 39 heavy (non-hydrogen) atoms. The number of hydrogen-bond acceptors (Lipinski definition) is 9. The molecular weight excluding hydrogens is 509 g/mol. The fraction of sp³-hybridized carbons (Fsp3) is 0.536. The van der Waals surface area contributed by atoms with Crippen LogP contribution in [0.4, 0.5) is 4.39 Å². The molecule has 0 heterocycles. The summed E-state index contributed by atoms with van der Waals surface area (Å²) in [5.41, 5.74) is 1.52. The standard InChI is InChI=1S/C28H34FN3O7/c1-4-32(10-12-5-6-12)11-14-9-17(33)19-15(21(14)29)7-13-8-16-22(31(2)3)24(35)20(27(30)38)26(37)28(16,39)25(36)18(13)23(19)34/h9,12-13,16,22,33-34,37,39H,4-8,10-11H2,1-3H3,(H2,30,38)/t13-,16-,22-,28-/m0/s1. The van der Waals surface area contributed by atoms with Crippen LogP contribution in [0.5, 0.6) is 5.75 Å². The molecule has 0 saturated heterocycles. The van der Waals surface area contributed by atoms with Crippen LogP contribution in [-0.4, -0.2) is 86.5 Å². The van der Waals surface area contributed by atoms with Crippen molar-refractivity contribution in [1.82, 2.24) is 9.80 Å². The lowest BCUT2D eigenvalue weighted by atomic mass is 9.57. The molecule has 0 unspecified atom stereocenters. The Morgan fingerprint density at radius 2 is 1.87 bits per heavy atom. The van der Waals surface area contributed by atoms with Crippen molar-refractivity contribution in [1.29, 1.82) is 0 Å². The van der Waals surface area contributed by atoms with Gasteiger partial charge in [-0.3, -0.25) is 24.2 Å². The summed E-state index contributed by atoms with van der Waals surface area (Å²) in [6.07, 6.45) is 2.12. The van der Waals surface area contributed by atoms with Crippen LogP contribution in [0.2, 0.25) is 0 Å². The lowest BCUT2D eigenvalue weighted by molar-refractivity contribution is -0.153. The minimum absolute atomic E-state index is 0.0538. The average molecular weight is 544 g/mol. The van der Waals surface area contributed by atoms with Crippen molar-refractivity contribution in [3.05, 3.63) is 45.5 Å². The average Bonchev–Trinajstić information content (AvgIpc) is 3.67. The Morgan fingerprint density at radius 3 is 2.44 bits per heavy atom. The third-order valence-corrected chi connectivity index (χ3v) is 8.78. The van der Waals surface area contributed by atoms with Crippen molar-refractivity contribution in [2.45, 2.75) is 50.8 Å². The van der Waals surface area contributed by atoms with E-state index >= 15 is 4.39 Å². The lowest BCUT2D eigenvalue weighted by Crippen LogP contribution is -2.65. The normalized spacial score (nSPS) is 28.6. The first-order chi connectivity index (χ1) is 18.3. The van der Waals surface area contributed by atoms with Crippen LogP contribution in [0.1, 0.15) is 42.9 Å². The van der Waals surface area contributed by atoms with E-state index in [1.54, 1.807) is 0 Å². The molecular formula is C28H34FN3O7. The number of aliphatic hydroxyl groups excluding tert-OH is 2. The van der Waals surface area contributed by atoms with Gasteiger partial charge < -0.3 is 26.2 Å². The molecule has 4 atom stereocenters. The molecule has 1 amide bonds. The Hall–Kier alpha value is -3.28. The lowest BCUT2D eigenvalue weighted by Gasteiger charge is -2.50. The Kier molecular flexibility index (Phi) is 6.60. The number of carbonyl (C=O) groups is 3. The van der Waals surface area contributed by atoms with Crippen LogP contribution in [0, 0.1) is 23.6 Å². The van der Waals surface area contributed by atoms with Gasteiger partial charge in [-0.25, -0.2) is 4.39 Å². The molecule has 6 N–H and O–H groups in total. The molecule has 11 heteroatoms. The van der Waals surface area contributed by atoms with Gasteiger partial charge in [-0.15, -0.1) is 0 Å². The number of halogens is 1. The van der Waals surface area contributed by atoms with Crippen molar-refractivity contribution < 1.29 is 39.2 Å². The predicted molar refractivity (Wildman–Crippen MR) is 138 cm³/mol. The molecule has 2 saturated carbocycles. The molecule has 0 radical (unpaired) electrons. The van der Waals surface area contributed by atoms with Crippen LogP contribution in [0.25, 0.3) is 5.76 Å². The summed E-state index contributed by atoms with van der Waals surface area (Å²) >= 11 is 0. The Balaban J connectivity index is 1.62. The maximum atomic E-state index is 15.9. The second kappa shape index (κ2) is 9.42. The zero-order chi connectivity index (χ0) is 28.5. The number of aromatic hydroxyl groups is 1. The van der Waals surface area contributed by atoms with Crippen LogP contribution in [0.3, 0.4) is 0 Å². The first kappa shape index (κ1) is 27.3. The second-order valence-corrected chi connectivity index (χ2v) is 11.5. The van der Waals surface area contributed by atoms with Gasteiger partial charge in [-0.05, 0) is 64.2 Å². The van der Waals surface area contributed by atoms with Crippen LogP contribution >= 0.6 is 0 Å². The first-order valence-electron chi connectivity index (χ1n) is 13.2. The molecule has 4 aliphatic carbocycles. The molecule has 5 rings (SSSR count). The number of phenols is 1. The van der Waals surface area contributed by atoms with E-state index < -0.39 is 69.6 Å². The van der Waals surface area contributed by atoms with Gasteiger partial charge in [0.2, 0.25) is 5.78 Å². The number of primary amides is 1. The molecule has 1 aromatic carbocycles. The summed E-state index contributed by atoms with van der Waals surface area (Å²) in [5.74, 6) is -7.52. The Bertz CT molecular complexity index is 1350. The number of nitrogens with two attached hydrogens (primary N) is 1. The van der Waals surface area contributed by atoms with Gasteiger partial charge in [-0.1, -0.05) is 6.92 Å². The molecule has 1 aromatic rings. The SMILES string of the molecule is CCN(Cc1cc(O)c2c(c1F)C[C@H]1C[C@H]3[C@H](N(C)C)C(=O)C(C(N)=O)=C(O)[C@@]3(O)C(=O)C1=C2O)CC1CC1. The third kappa shape index (κ3) is 4.06. The smallest absolute Gasteiger partial charge is 0.255 e. The summed E-state index contributed by atoms with van der Waals surface area (Å²) in [6, 6.07) is 0.0582. The quantitative estimate of drug-likeness (QED) is 0.319. The number of ketones is 2. The monoisotopic (exact) mass is 543 g/mol. The highest BCUT2D eigenvalue weighted by Gasteiger charge is 2.64. The number of amides is 1. The van der Waals surface area contributed by atoms with E-state index in [2.05, 4.69) is 4.90 Å². The van der Waals surface area contributed by atoms with Crippen molar-refractivity contribution in [2.24, 2.45) is 23.5 Å². The Morgan fingerprint density at radius 1 is 1.21 bits per heavy atom. The van der Waals surface area contributed by atoms with Gasteiger partial charge in [0.05, 0.1) is 11.6 Å². The highest BCUT2D eigenvalue weighted by Crippen LogP contribution is 2.53. The van der Waals surface area contributed by atoms with E-state index in [1.165, 1.54) is 25.1 Å². The van der Waals surface area contributed by atoms with Crippen molar-refractivity contribution in [3.8, 4) is 5.75 Å². The molecule has 0 spiro atoms. The maximum absolute atomic E-state index is 15.9. The van der Waals surface area contributed by atoms with Gasteiger partial charge in [-0.2, -0.15) is 0 Å². The number of carbonyl (C=O) groups excluding carboxylic acids is 3. The van der Waals surface area contributed by atoms with E-state index in [4.69, 9.17) is 5.73 Å².